The first-order chi connectivity index (χ1) is 12.8. The van der Waals surface area contributed by atoms with E-state index in [1.54, 1.807) is 24.3 Å². The molecule has 1 aromatic heterocycles. The van der Waals surface area contributed by atoms with Crippen molar-refractivity contribution in [1.82, 2.24) is 20.6 Å². The summed E-state index contributed by atoms with van der Waals surface area (Å²) in [7, 11) is 0. The number of halogens is 4. The monoisotopic (exact) mass is 397 g/mol. The van der Waals surface area contributed by atoms with E-state index in [2.05, 4.69) is 25.9 Å². The van der Waals surface area contributed by atoms with Crippen LogP contribution in [0.2, 0.25) is 5.02 Å². The Hall–Kier alpha value is -3.14. The average molecular weight is 398 g/mol. The van der Waals surface area contributed by atoms with E-state index in [-0.39, 0.29) is 5.69 Å². The second-order valence-corrected chi connectivity index (χ2v) is 5.70. The van der Waals surface area contributed by atoms with Crippen LogP contribution in [0.25, 0.3) is 11.4 Å². The molecule has 0 aliphatic carbocycles. The third-order valence-corrected chi connectivity index (χ3v) is 3.69. The number of aromatic nitrogens is 4. The highest BCUT2D eigenvalue weighted by atomic mass is 35.5. The van der Waals surface area contributed by atoms with E-state index in [1.165, 1.54) is 6.07 Å². The lowest BCUT2D eigenvalue weighted by Crippen LogP contribution is -2.20. The number of nitrogens with zero attached hydrogens (tertiary/aromatic N) is 3. The van der Waals surface area contributed by atoms with Gasteiger partial charge in [-0.1, -0.05) is 23.7 Å². The lowest BCUT2D eigenvalue weighted by Gasteiger charge is -2.12. The molecule has 2 aromatic carbocycles. The highest BCUT2D eigenvalue weighted by molar-refractivity contribution is 6.31. The van der Waals surface area contributed by atoms with Crippen LogP contribution < -0.4 is 10.1 Å². The molecule has 0 unspecified atom stereocenters. The van der Waals surface area contributed by atoms with Gasteiger partial charge in [-0.05, 0) is 35.5 Å². The van der Waals surface area contributed by atoms with E-state index >= 15 is 0 Å². The van der Waals surface area contributed by atoms with Crippen LogP contribution in [0, 0.1) is 0 Å². The smallest absolute Gasteiger partial charge is 0.417 e. The number of hydrogen-bond acceptors (Lipinski definition) is 5. The van der Waals surface area contributed by atoms with Gasteiger partial charge in [0.25, 0.3) is 5.91 Å². The third kappa shape index (κ3) is 4.73. The summed E-state index contributed by atoms with van der Waals surface area (Å²) < 4.78 is 43.9. The Morgan fingerprint density at radius 3 is 2.74 bits per heavy atom. The van der Waals surface area contributed by atoms with Crippen LogP contribution in [0.3, 0.4) is 0 Å². The number of alkyl halides is 3. The summed E-state index contributed by atoms with van der Waals surface area (Å²) in [6.45, 7) is -0.403. The van der Waals surface area contributed by atoms with Gasteiger partial charge < -0.3 is 10.1 Å². The molecule has 0 atom stereocenters. The number of H-pyrrole nitrogens is 1. The Morgan fingerprint density at radius 1 is 1.22 bits per heavy atom. The standard InChI is InChI=1S/C16H11ClF3N5O2/c17-13-5-4-10(7-12(13)16(18,19)20)21-14(26)8-27-11-3-1-2-9(6-11)15-22-24-25-23-15/h1-7H,8H2,(H,21,26)(H,22,23,24,25). The topological polar surface area (TPSA) is 92.8 Å². The molecular weight excluding hydrogens is 387 g/mol. The number of anilines is 1. The Labute approximate surface area is 155 Å². The molecule has 0 radical (unpaired) electrons. The summed E-state index contributed by atoms with van der Waals surface area (Å²) in [6, 6.07) is 9.71. The van der Waals surface area contributed by atoms with Gasteiger partial charge in [-0.25, -0.2) is 0 Å². The first-order valence-electron chi connectivity index (χ1n) is 7.46. The normalized spacial score (nSPS) is 11.3. The molecule has 2 N–H and O–H groups in total. The molecule has 1 heterocycles. The minimum absolute atomic E-state index is 0.0409. The summed E-state index contributed by atoms with van der Waals surface area (Å²) in [5, 5.41) is 15.3. The molecule has 3 rings (SSSR count). The maximum atomic E-state index is 12.9. The average Bonchev–Trinajstić information content (AvgIpc) is 3.16. The van der Waals surface area contributed by atoms with E-state index in [0.29, 0.717) is 17.1 Å². The zero-order valence-electron chi connectivity index (χ0n) is 13.4. The van der Waals surface area contributed by atoms with Crippen LogP contribution in [-0.4, -0.2) is 33.1 Å². The first-order valence-corrected chi connectivity index (χ1v) is 7.84. The Kier molecular flexibility index (Phi) is 5.26. The SMILES string of the molecule is O=C(COc1cccc(-c2nn[nH]n2)c1)Nc1ccc(Cl)c(C(F)(F)F)c1. The molecule has 0 fully saturated rings. The number of aromatic amines is 1. The van der Waals surface area contributed by atoms with E-state index < -0.39 is 29.3 Å². The van der Waals surface area contributed by atoms with Crippen molar-refractivity contribution < 1.29 is 22.7 Å². The molecule has 0 bridgehead atoms. The Bertz CT molecular complexity index is 947. The van der Waals surface area contributed by atoms with E-state index in [0.717, 1.165) is 12.1 Å². The Balaban J connectivity index is 1.63. The second kappa shape index (κ2) is 7.62. The molecule has 0 spiro atoms. The van der Waals surface area contributed by atoms with Crippen LogP contribution in [-0.2, 0) is 11.0 Å². The fraction of sp³-hybridized carbons (Fsp3) is 0.125. The van der Waals surface area contributed by atoms with Crippen molar-refractivity contribution in [2.75, 3.05) is 11.9 Å². The number of hydrogen-bond donors (Lipinski definition) is 2. The number of carbonyl (C=O) groups is 1. The van der Waals surface area contributed by atoms with Gasteiger partial charge in [-0.2, -0.15) is 18.4 Å². The fourth-order valence-electron chi connectivity index (χ4n) is 2.18. The molecule has 3 aromatic rings. The number of ether oxygens (including phenoxy) is 1. The van der Waals surface area contributed by atoms with Crippen LogP contribution >= 0.6 is 11.6 Å². The van der Waals surface area contributed by atoms with Crippen molar-refractivity contribution in [3.05, 3.63) is 53.1 Å². The molecule has 27 heavy (non-hydrogen) atoms. The van der Waals surface area contributed by atoms with Gasteiger partial charge in [-0.15, -0.1) is 10.2 Å². The number of amides is 1. The van der Waals surface area contributed by atoms with E-state index in [4.69, 9.17) is 16.3 Å². The fourth-order valence-corrected chi connectivity index (χ4v) is 2.40. The number of benzene rings is 2. The molecule has 0 saturated heterocycles. The van der Waals surface area contributed by atoms with Crippen LogP contribution in [0.4, 0.5) is 18.9 Å². The summed E-state index contributed by atoms with van der Waals surface area (Å²) in [6.07, 6.45) is -4.62. The minimum Gasteiger partial charge on any atom is -0.484 e. The predicted octanol–water partition coefficient (Wildman–Crippen LogP) is 3.56. The lowest BCUT2D eigenvalue weighted by atomic mass is 10.2. The van der Waals surface area contributed by atoms with Crippen molar-refractivity contribution in [3.63, 3.8) is 0 Å². The summed E-state index contributed by atoms with van der Waals surface area (Å²) in [5.41, 5.74) is -0.453. The van der Waals surface area contributed by atoms with Crippen molar-refractivity contribution in [3.8, 4) is 17.1 Å². The van der Waals surface area contributed by atoms with Gasteiger partial charge in [0.05, 0.1) is 10.6 Å². The van der Waals surface area contributed by atoms with Gasteiger partial charge in [0.2, 0.25) is 5.82 Å². The summed E-state index contributed by atoms with van der Waals surface area (Å²) in [4.78, 5) is 12.0. The van der Waals surface area contributed by atoms with Gasteiger partial charge in [0, 0.05) is 11.3 Å². The number of tetrazole rings is 1. The molecular formula is C16H11ClF3N5O2. The Morgan fingerprint density at radius 2 is 2.04 bits per heavy atom. The molecule has 140 valence electrons. The van der Waals surface area contributed by atoms with E-state index in [1.807, 2.05) is 0 Å². The van der Waals surface area contributed by atoms with Crippen LogP contribution in [0.1, 0.15) is 5.56 Å². The quantitative estimate of drug-likeness (QED) is 0.686. The minimum atomic E-state index is -4.62. The molecule has 0 aliphatic heterocycles. The zero-order chi connectivity index (χ0) is 19.4. The van der Waals surface area contributed by atoms with Crippen molar-refractivity contribution >= 4 is 23.2 Å². The maximum absolute atomic E-state index is 12.9. The second-order valence-electron chi connectivity index (χ2n) is 5.29. The van der Waals surface area contributed by atoms with Crippen molar-refractivity contribution in [2.45, 2.75) is 6.18 Å². The van der Waals surface area contributed by atoms with Gasteiger partial charge in [0.15, 0.2) is 6.61 Å². The molecule has 0 aliphatic rings. The largest absolute Gasteiger partial charge is 0.484 e. The van der Waals surface area contributed by atoms with Gasteiger partial charge in [-0.3, -0.25) is 4.79 Å². The summed E-state index contributed by atoms with van der Waals surface area (Å²) >= 11 is 5.54. The number of nitrogens with one attached hydrogen (secondary N) is 2. The number of carbonyl (C=O) groups excluding carboxylic acids is 1. The molecule has 0 saturated carbocycles. The first kappa shape index (κ1) is 18.6. The number of rotatable bonds is 5. The molecule has 1 amide bonds. The van der Waals surface area contributed by atoms with Crippen LogP contribution in [0.15, 0.2) is 42.5 Å². The summed E-state index contributed by atoms with van der Waals surface area (Å²) in [5.74, 6) is 0.0840. The van der Waals surface area contributed by atoms with Gasteiger partial charge in [0.1, 0.15) is 5.75 Å². The molecule has 7 nitrogen and oxygen atoms in total. The van der Waals surface area contributed by atoms with Gasteiger partial charge >= 0.3 is 6.18 Å². The highest BCUT2D eigenvalue weighted by Gasteiger charge is 2.33. The predicted molar refractivity (Wildman–Crippen MR) is 90.2 cm³/mol. The van der Waals surface area contributed by atoms with Crippen molar-refractivity contribution in [1.29, 1.82) is 0 Å². The molecule has 11 heteroatoms. The lowest BCUT2D eigenvalue weighted by molar-refractivity contribution is -0.137. The zero-order valence-corrected chi connectivity index (χ0v) is 14.2. The maximum Gasteiger partial charge on any atom is 0.417 e. The third-order valence-electron chi connectivity index (χ3n) is 3.36. The van der Waals surface area contributed by atoms with Crippen LogP contribution in [0.5, 0.6) is 5.75 Å². The van der Waals surface area contributed by atoms with Crippen molar-refractivity contribution in [2.24, 2.45) is 0 Å². The highest BCUT2D eigenvalue weighted by Crippen LogP contribution is 2.36. The van der Waals surface area contributed by atoms with E-state index in [9.17, 15) is 18.0 Å².